The fourth-order valence-electron chi connectivity index (χ4n) is 2.77. The van der Waals surface area contributed by atoms with Gasteiger partial charge in [-0.15, -0.1) is 0 Å². The van der Waals surface area contributed by atoms with Crippen molar-refractivity contribution in [1.82, 2.24) is 25.7 Å². The molecule has 1 unspecified atom stereocenters. The number of fused-ring (bicyclic) bond motifs is 2. The summed E-state index contributed by atoms with van der Waals surface area (Å²) in [4.78, 5) is 24.8. The highest BCUT2D eigenvalue weighted by molar-refractivity contribution is 6.01. The van der Waals surface area contributed by atoms with Gasteiger partial charge in [-0.05, 0) is 6.92 Å². The fraction of sp³-hybridized carbons (Fsp3) is 0.429. The topological polar surface area (TPSA) is 134 Å². The number of H-pyrrole nitrogens is 2. The largest absolute Gasteiger partial charge is 0.474 e. The molecule has 4 rings (SSSR count). The van der Waals surface area contributed by atoms with Gasteiger partial charge in [0, 0.05) is 12.0 Å². The molecule has 2 aromatic heterocycles. The zero-order valence-corrected chi connectivity index (χ0v) is 12.9. The number of nitrogens with zero attached hydrogens (tertiary/aromatic N) is 2. The minimum absolute atomic E-state index is 0.00110. The fourth-order valence-corrected chi connectivity index (χ4v) is 2.77. The smallest absolute Gasteiger partial charge is 0.272 e. The minimum atomic E-state index is -0.831. The van der Waals surface area contributed by atoms with Crippen LogP contribution in [0.15, 0.2) is 6.20 Å². The molecule has 0 saturated carbocycles. The zero-order chi connectivity index (χ0) is 16.7. The van der Waals surface area contributed by atoms with Crippen LogP contribution in [-0.4, -0.2) is 51.0 Å². The van der Waals surface area contributed by atoms with Crippen LogP contribution in [0.3, 0.4) is 0 Å². The Hall–Kier alpha value is -2.88. The number of hydrogen-bond donors (Lipinski definition) is 4. The number of carbonyl (C=O) groups is 2. The predicted molar refractivity (Wildman–Crippen MR) is 80.5 cm³/mol. The van der Waals surface area contributed by atoms with Crippen molar-refractivity contribution in [2.24, 2.45) is 0 Å². The van der Waals surface area contributed by atoms with Gasteiger partial charge in [0.1, 0.15) is 18.3 Å². The summed E-state index contributed by atoms with van der Waals surface area (Å²) in [7, 11) is 0. The van der Waals surface area contributed by atoms with Crippen LogP contribution in [0.5, 0.6) is 5.88 Å². The molecule has 4 N–H and O–H groups in total. The number of rotatable bonds is 2. The van der Waals surface area contributed by atoms with Crippen molar-refractivity contribution < 1.29 is 19.1 Å². The molecule has 0 fully saturated rings. The summed E-state index contributed by atoms with van der Waals surface area (Å²) in [6, 6.07) is -0.831. The van der Waals surface area contributed by atoms with Crippen LogP contribution in [0.2, 0.25) is 0 Å². The predicted octanol–water partition coefficient (Wildman–Crippen LogP) is -0.276. The highest BCUT2D eigenvalue weighted by Crippen LogP contribution is 2.24. The first-order valence-electron chi connectivity index (χ1n) is 7.57. The third-order valence-corrected chi connectivity index (χ3v) is 4.05. The van der Waals surface area contributed by atoms with Gasteiger partial charge < -0.3 is 20.1 Å². The lowest BCUT2D eigenvalue weighted by Crippen LogP contribution is -2.46. The van der Waals surface area contributed by atoms with Gasteiger partial charge in [0.05, 0.1) is 24.6 Å². The Morgan fingerprint density at radius 3 is 3.17 bits per heavy atom. The molecular weight excluding hydrogens is 316 g/mol. The van der Waals surface area contributed by atoms with E-state index in [0.717, 1.165) is 11.3 Å². The molecule has 0 radical (unpaired) electrons. The number of anilines is 1. The first-order chi connectivity index (χ1) is 11.6. The normalized spacial score (nSPS) is 22.6. The Morgan fingerprint density at radius 2 is 2.29 bits per heavy atom. The molecule has 24 heavy (non-hydrogen) atoms. The van der Waals surface area contributed by atoms with Crippen molar-refractivity contribution in [3.05, 3.63) is 23.1 Å². The van der Waals surface area contributed by atoms with Gasteiger partial charge >= 0.3 is 0 Å². The third kappa shape index (κ3) is 2.50. The van der Waals surface area contributed by atoms with Gasteiger partial charge in [0.2, 0.25) is 5.88 Å². The van der Waals surface area contributed by atoms with E-state index < -0.39 is 11.9 Å². The molecule has 10 nitrogen and oxygen atoms in total. The van der Waals surface area contributed by atoms with Crippen LogP contribution in [0.25, 0.3) is 0 Å². The van der Waals surface area contributed by atoms with E-state index in [1.807, 2.05) is 6.92 Å². The van der Waals surface area contributed by atoms with E-state index in [1.165, 1.54) is 6.20 Å². The zero-order valence-electron chi connectivity index (χ0n) is 12.9. The first-order valence-corrected chi connectivity index (χ1v) is 7.57. The van der Waals surface area contributed by atoms with Gasteiger partial charge in [-0.2, -0.15) is 10.2 Å². The van der Waals surface area contributed by atoms with E-state index in [0.29, 0.717) is 24.6 Å². The van der Waals surface area contributed by atoms with Crippen LogP contribution in [0.4, 0.5) is 5.69 Å². The lowest BCUT2D eigenvalue weighted by Gasteiger charge is -2.20. The summed E-state index contributed by atoms with van der Waals surface area (Å²) >= 11 is 0. The summed E-state index contributed by atoms with van der Waals surface area (Å²) < 4.78 is 11.0. The molecular formula is C14H16N6O4. The molecule has 0 saturated heterocycles. The molecule has 0 spiro atoms. The van der Waals surface area contributed by atoms with Crippen LogP contribution >= 0.6 is 0 Å². The van der Waals surface area contributed by atoms with Crippen molar-refractivity contribution in [3.63, 3.8) is 0 Å². The van der Waals surface area contributed by atoms with Crippen LogP contribution in [0.1, 0.15) is 28.7 Å². The maximum atomic E-state index is 12.5. The summed E-state index contributed by atoms with van der Waals surface area (Å²) in [6.45, 7) is 2.33. The van der Waals surface area contributed by atoms with E-state index in [9.17, 15) is 9.59 Å². The summed E-state index contributed by atoms with van der Waals surface area (Å²) in [5.41, 5.74) is 2.36. The van der Waals surface area contributed by atoms with Gasteiger partial charge in [-0.25, -0.2) is 5.10 Å². The van der Waals surface area contributed by atoms with Crippen molar-refractivity contribution >= 4 is 17.5 Å². The van der Waals surface area contributed by atoms with Crippen molar-refractivity contribution in [2.75, 3.05) is 11.9 Å². The number of aromatic amines is 2. The van der Waals surface area contributed by atoms with E-state index in [4.69, 9.17) is 9.47 Å². The Kier molecular flexibility index (Phi) is 3.45. The van der Waals surface area contributed by atoms with Crippen molar-refractivity contribution in [1.29, 1.82) is 0 Å². The van der Waals surface area contributed by atoms with E-state index >= 15 is 0 Å². The molecule has 2 aliphatic heterocycles. The molecule has 0 bridgehead atoms. The van der Waals surface area contributed by atoms with Crippen molar-refractivity contribution in [3.8, 4) is 5.88 Å². The van der Waals surface area contributed by atoms with Crippen molar-refractivity contribution in [2.45, 2.75) is 32.1 Å². The van der Waals surface area contributed by atoms with Gasteiger partial charge in [0.15, 0.2) is 5.69 Å². The van der Waals surface area contributed by atoms with E-state index in [-0.39, 0.29) is 24.3 Å². The molecule has 2 amide bonds. The number of aromatic nitrogens is 4. The molecule has 10 heteroatoms. The van der Waals surface area contributed by atoms with Gasteiger partial charge in [-0.3, -0.25) is 14.7 Å². The number of hydrogen-bond acceptors (Lipinski definition) is 6. The van der Waals surface area contributed by atoms with Crippen LogP contribution in [-0.2, 0) is 22.6 Å². The SMILES string of the molecule is CC1Cc2c(C(=O)N[C@H]3COc4[nH]ncc4NC3=O)n[nH]c2CO1. The highest BCUT2D eigenvalue weighted by atomic mass is 16.5. The van der Waals surface area contributed by atoms with Gasteiger partial charge in [-0.1, -0.05) is 0 Å². The van der Waals surface area contributed by atoms with E-state index in [1.54, 1.807) is 0 Å². The first kappa shape index (κ1) is 14.7. The third-order valence-electron chi connectivity index (χ3n) is 4.05. The Labute approximate surface area is 136 Å². The lowest BCUT2D eigenvalue weighted by molar-refractivity contribution is -0.118. The Bertz CT molecular complexity index is 797. The molecule has 4 heterocycles. The second kappa shape index (κ2) is 5.64. The highest BCUT2D eigenvalue weighted by Gasteiger charge is 2.31. The molecule has 2 atom stereocenters. The molecule has 0 aromatic carbocycles. The quantitative estimate of drug-likeness (QED) is 0.598. The maximum absolute atomic E-state index is 12.5. The molecule has 0 aliphatic carbocycles. The van der Waals surface area contributed by atoms with E-state index in [2.05, 4.69) is 31.0 Å². The molecule has 2 aromatic rings. The monoisotopic (exact) mass is 332 g/mol. The van der Waals surface area contributed by atoms with Crippen LogP contribution in [0, 0.1) is 0 Å². The van der Waals surface area contributed by atoms with Gasteiger partial charge in [0.25, 0.3) is 11.8 Å². The molecule has 126 valence electrons. The summed E-state index contributed by atoms with van der Waals surface area (Å²) in [6.07, 6.45) is 2.06. The number of carbonyl (C=O) groups excluding carboxylic acids is 2. The Balaban J connectivity index is 1.50. The lowest BCUT2D eigenvalue weighted by atomic mass is 10.0. The standard InChI is InChI=1S/C14H16N6O4/c1-6-2-7-9(4-23-6)18-19-11(7)13(22)17-10-5-24-14-8(3-15-20-14)16-12(10)21/h3,6,10H,2,4-5H2,1H3,(H,15,20)(H,16,21)(H,17,22)(H,18,19)/t6?,10-/m0/s1. The number of ether oxygens (including phenoxy) is 2. The minimum Gasteiger partial charge on any atom is -0.474 e. The summed E-state index contributed by atoms with van der Waals surface area (Å²) in [5.74, 6) is -0.429. The van der Waals surface area contributed by atoms with Crippen LogP contribution < -0.4 is 15.4 Å². The average molecular weight is 332 g/mol. The Morgan fingerprint density at radius 1 is 1.42 bits per heavy atom. The summed E-state index contributed by atoms with van der Waals surface area (Å²) in [5, 5.41) is 18.6. The number of amides is 2. The average Bonchev–Trinajstić information content (AvgIpc) is 3.14. The second-order valence-electron chi connectivity index (χ2n) is 5.79. The second-order valence-corrected chi connectivity index (χ2v) is 5.79. The molecule has 2 aliphatic rings. The number of nitrogens with one attached hydrogen (secondary N) is 4. The maximum Gasteiger partial charge on any atom is 0.272 e.